The number of carbonyl (C=O) groups is 1. The quantitative estimate of drug-likeness (QED) is 0.824. The smallest absolute Gasteiger partial charge is 0.255 e. The number of hydrogen-bond donors (Lipinski definition) is 0. The summed E-state index contributed by atoms with van der Waals surface area (Å²) in [7, 11) is 0. The van der Waals surface area contributed by atoms with Crippen LogP contribution in [0.4, 0.5) is 0 Å². The van der Waals surface area contributed by atoms with Crippen molar-refractivity contribution in [1.29, 1.82) is 0 Å². The average Bonchev–Trinajstić information content (AvgIpc) is 3.31. The van der Waals surface area contributed by atoms with Gasteiger partial charge < -0.3 is 14.4 Å². The molecule has 3 unspecified atom stereocenters. The predicted molar refractivity (Wildman–Crippen MR) is 82.9 cm³/mol. The van der Waals surface area contributed by atoms with Crippen molar-refractivity contribution >= 4 is 5.91 Å². The molecule has 1 aliphatic heterocycles. The molecule has 1 aromatic heterocycles. The Labute approximate surface area is 136 Å². The Kier molecular flexibility index (Phi) is 4.27. The van der Waals surface area contributed by atoms with Crippen molar-refractivity contribution in [2.45, 2.75) is 37.8 Å². The molecular weight excluding hydrogens is 294 g/mol. The predicted octanol–water partition coefficient (Wildman–Crippen LogP) is 1.52. The van der Waals surface area contributed by atoms with Crippen LogP contribution >= 0.6 is 0 Å². The van der Waals surface area contributed by atoms with Crippen LogP contribution in [-0.4, -0.2) is 59.5 Å². The fourth-order valence-corrected chi connectivity index (χ4v) is 3.71. The Morgan fingerprint density at radius 3 is 2.91 bits per heavy atom. The molecular formula is C17H23N3O3. The summed E-state index contributed by atoms with van der Waals surface area (Å²) >= 11 is 0. The molecule has 1 aromatic rings. The van der Waals surface area contributed by atoms with E-state index in [-0.39, 0.29) is 18.1 Å². The fraction of sp³-hybridized carbons (Fsp3) is 0.706. The molecule has 0 N–H and O–H groups in total. The lowest BCUT2D eigenvalue weighted by molar-refractivity contribution is -0.0450. The third-order valence-corrected chi connectivity index (χ3v) is 5.13. The van der Waals surface area contributed by atoms with Crippen LogP contribution in [0.5, 0.6) is 0 Å². The molecule has 4 rings (SSSR count). The minimum absolute atomic E-state index is 0.0396. The molecule has 124 valence electrons. The monoisotopic (exact) mass is 317 g/mol. The van der Waals surface area contributed by atoms with Crippen molar-refractivity contribution in [1.82, 2.24) is 15.1 Å². The molecule has 6 heteroatoms. The zero-order valence-corrected chi connectivity index (χ0v) is 13.3. The standard InChI is InChI=1S/C17H23N3O3/c21-17(14-3-4-18-19-9-14)20-5-6-23-16-8-13(7-15(16)20)11-22-10-12-1-2-12/h3-4,9,12-13,15-16H,1-2,5-8,10-11H2. The van der Waals surface area contributed by atoms with Gasteiger partial charge in [0.15, 0.2) is 0 Å². The Morgan fingerprint density at radius 1 is 1.26 bits per heavy atom. The second-order valence-electron chi connectivity index (χ2n) is 6.92. The first-order chi connectivity index (χ1) is 11.3. The number of nitrogens with zero attached hydrogens (tertiary/aromatic N) is 3. The summed E-state index contributed by atoms with van der Waals surface area (Å²) in [6.45, 7) is 2.96. The molecule has 2 aliphatic carbocycles. The third-order valence-electron chi connectivity index (χ3n) is 5.13. The van der Waals surface area contributed by atoms with E-state index in [9.17, 15) is 4.79 Å². The number of amides is 1. The fourth-order valence-electron chi connectivity index (χ4n) is 3.71. The molecule has 1 amide bonds. The summed E-state index contributed by atoms with van der Waals surface area (Å²) in [4.78, 5) is 14.7. The number of morpholine rings is 1. The molecule has 0 aromatic carbocycles. The summed E-state index contributed by atoms with van der Waals surface area (Å²) in [6.07, 6.45) is 7.86. The van der Waals surface area contributed by atoms with Crippen LogP contribution in [0.25, 0.3) is 0 Å². The lowest BCUT2D eigenvalue weighted by Crippen LogP contribution is -2.51. The van der Waals surface area contributed by atoms with Gasteiger partial charge in [-0.05, 0) is 43.6 Å². The van der Waals surface area contributed by atoms with E-state index in [2.05, 4.69) is 10.2 Å². The van der Waals surface area contributed by atoms with Gasteiger partial charge in [-0.15, -0.1) is 0 Å². The SMILES string of the molecule is O=C(c1ccnnc1)N1CCOC2CC(COCC3CC3)CC21. The molecule has 3 fully saturated rings. The minimum Gasteiger partial charge on any atom is -0.381 e. The molecule has 2 saturated carbocycles. The van der Waals surface area contributed by atoms with Crippen LogP contribution in [0.1, 0.15) is 36.0 Å². The summed E-state index contributed by atoms with van der Waals surface area (Å²) < 4.78 is 11.8. The van der Waals surface area contributed by atoms with Crippen molar-refractivity contribution in [3.8, 4) is 0 Å². The first-order valence-electron chi connectivity index (χ1n) is 8.58. The largest absolute Gasteiger partial charge is 0.381 e. The highest BCUT2D eigenvalue weighted by atomic mass is 16.5. The normalized spacial score (nSPS) is 30.3. The van der Waals surface area contributed by atoms with E-state index < -0.39 is 0 Å². The van der Waals surface area contributed by atoms with E-state index in [0.29, 0.717) is 24.6 Å². The molecule has 0 spiro atoms. The van der Waals surface area contributed by atoms with Gasteiger partial charge in [-0.1, -0.05) is 0 Å². The molecule has 0 bridgehead atoms. The average molecular weight is 317 g/mol. The van der Waals surface area contributed by atoms with Crippen LogP contribution in [0.15, 0.2) is 18.5 Å². The second kappa shape index (κ2) is 6.53. The number of aromatic nitrogens is 2. The van der Waals surface area contributed by atoms with Gasteiger partial charge in [0.25, 0.3) is 5.91 Å². The van der Waals surface area contributed by atoms with Crippen molar-refractivity contribution in [3.05, 3.63) is 24.0 Å². The maximum Gasteiger partial charge on any atom is 0.255 e. The van der Waals surface area contributed by atoms with Crippen molar-refractivity contribution in [2.24, 2.45) is 11.8 Å². The molecule has 23 heavy (non-hydrogen) atoms. The van der Waals surface area contributed by atoms with E-state index in [1.807, 2.05) is 4.90 Å². The van der Waals surface area contributed by atoms with Gasteiger partial charge in [0.2, 0.25) is 0 Å². The first-order valence-corrected chi connectivity index (χ1v) is 8.58. The first kappa shape index (κ1) is 15.0. The Bertz CT molecular complexity index is 549. The van der Waals surface area contributed by atoms with Crippen LogP contribution in [0.2, 0.25) is 0 Å². The van der Waals surface area contributed by atoms with Gasteiger partial charge in [0.1, 0.15) is 0 Å². The van der Waals surface area contributed by atoms with Crippen LogP contribution < -0.4 is 0 Å². The number of rotatable bonds is 5. The third kappa shape index (κ3) is 3.38. The van der Waals surface area contributed by atoms with E-state index in [1.165, 1.54) is 19.0 Å². The van der Waals surface area contributed by atoms with Crippen molar-refractivity contribution in [2.75, 3.05) is 26.4 Å². The maximum atomic E-state index is 12.7. The van der Waals surface area contributed by atoms with E-state index in [4.69, 9.17) is 9.47 Å². The molecule has 1 saturated heterocycles. The number of ether oxygens (including phenoxy) is 2. The lowest BCUT2D eigenvalue weighted by atomic mass is 10.1. The highest BCUT2D eigenvalue weighted by molar-refractivity contribution is 5.94. The number of hydrogen-bond acceptors (Lipinski definition) is 5. The molecule has 3 atom stereocenters. The summed E-state index contributed by atoms with van der Waals surface area (Å²) in [6, 6.07) is 1.89. The van der Waals surface area contributed by atoms with E-state index in [0.717, 1.165) is 32.0 Å². The summed E-state index contributed by atoms with van der Waals surface area (Å²) in [5.74, 6) is 1.33. The van der Waals surface area contributed by atoms with E-state index in [1.54, 1.807) is 12.3 Å². The van der Waals surface area contributed by atoms with Gasteiger partial charge in [0.05, 0.1) is 36.7 Å². The Balaban J connectivity index is 1.38. The highest BCUT2D eigenvalue weighted by Gasteiger charge is 2.43. The summed E-state index contributed by atoms with van der Waals surface area (Å²) in [5, 5.41) is 7.56. The van der Waals surface area contributed by atoms with Gasteiger partial charge in [0, 0.05) is 19.8 Å². The topological polar surface area (TPSA) is 64.6 Å². The zero-order valence-electron chi connectivity index (χ0n) is 13.3. The van der Waals surface area contributed by atoms with Gasteiger partial charge in [-0.2, -0.15) is 10.2 Å². The molecule has 6 nitrogen and oxygen atoms in total. The lowest BCUT2D eigenvalue weighted by Gasteiger charge is -2.37. The summed E-state index contributed by atoms with van der Waals surface area (Å²) in [5.41, 5.74) is 0.606. The van der Waals surface area contributed by atoms with Crippen LogP contribution in [0, 0.1) is 11.8 Å². The zero-order chi connectivity index (χ0) is 15.6. The van der Waals surface area contributed by atoms with Gasteiger partial charge in [-0.25, -0.2) is 0 Å². The number of carbonyl (C=O) groups excluding carboxylic acids is 1. The van der Waals surface area contributed by atoms with Crippen molar-refractivity contribution in [3.63, 3.8) is 0 Å². The number of fused-ring (bicyclic) bond motifs is 1. The molecule has 2 heterocycles. The van der Waals surface area contributed by atoms with Gasteiger partial charge in [-0.3, -0.25) is 4.79 Å². The molecule has 0 radical (unpaired) electrons. The minimum atomic E-state index is 0.0396. The van der Waals surface area contributed by atoms with Gasteiger partial charge >= 0.3 is 0 Å². The van der Waals surface area contributed by atoms with Crippen LogP contribution in [0.3, 0.4) is 0 Å². The van der Waals surface area contributed by atoms with E-state index >= 15 is 0 Å². The maximum absolute atomic E-state index is 12.7. The van der Waals surface area contributed by atoms with Crippen LogP contribution in [-0.2, 0) is 9.47 Å². The molecule has 3 aliphatic rings. The Hall–Kier alpha value is -1.53. The highest BCUT2D eigenvalue weighted by Crippen LogP contribution is 2.36. The Morgan fingerprint density at radius 2 is 2.13 bits per heavy atom. The second-order valence-corrected chi connectivity index (χ2v) is 6.92. The van der Waals surface area contributed by atoms with Crippen molar-refractivity contribution < 1.29 is 14.3 Å².